The van der Waals surface area contributed by atoms with E-state index in [1.807, 2.05) is 24.0 Å². The number of fused-ring (bicyclic) bond motifs is 1. The summed E-state index contributed by atoms with van der Waals surface area (Å²) in [6.07, 6.45) is 9.07. The Bertz CT molecular complexity index is 650. The summed E-state index contributed by atoms with van der Waals surface area (Å²) in [6.45, 7) is 6.54. The van der Waals surface area contributed by atoms with Gasteiger partial charge in [-0.25, -0.2) is 9.97 Å². The van der Waals surface area contributed by atoms with Crippen molar-refractivity contribution >= 4 is 34.1 Å². The molecule has 0 radical (unpaired) electrons. The molecule has 5 heteroatoms. The molecule has 23 heavy (non-hydrogen) atoms. The lowest BCUT2D eigenvalue weighted by Gasteiger charge is -2.19. The van der Waals surface area contributed by atoms with E-state index >= 15 is 0 Å². The minimum absolute atomic E-state index is 0.184. The molecular formula is C18H25ClN2OS. The van der Waals surface area contributed by atoms with E-state index < -0.39 is 0 Å². The first kappa shape index (κ1) is 18.3. The van der Waals surface area contributed by atoms with Crippen LogP contribution in [0.5, 0.6) is 5.88 Å². The van der Waals surface area contributed by atoms with Gasteiger partial charge in [0.1, 0.15) is 11.3 Å². The maximum atomic E-state index is 6.18. The van der Waals surface area contributed by atoms with Gasteiger partial charge in [-0.05, 0) is 54.2 Å². The number of thioether (sulfide) groups is 1. The zero-order valence-electron chi connectivity index (χ0n) is 14.3. The molecule has 0 aromatic carbocycles. The number of aromatic nitrogens is 2. The minimum atomic E-state index is 0.184. The molecule has 2 aromatic rings. The van der Waals surface area contributed by atoms with Crippen LogP contribution in [0.25, 0.3) is 10.8 Å². The van der Waals surface area contributed by atoms with E-state index in [1.165, 1.54) is 5.56 Å². The van der Waals surface area contributed by atoms with Crippen LogP contribution >= 0.6 is 23.4 Å². The highest BCUT2D eigenvalue weighted by atomic mass is 35.5. The van der Waals surface area contributed by atoms with Crippen molar-refractivity contribution < 1.29 is 4.74 Å². The van der Waals surface area contributed by atoms with Crippen molar-refractivity contribution in [2.24, 2.45) is 0 Å². The Hall–Kier alpha value is -1.00. The quantitative estimate of drug-likeness (QED) is 0.570. The molecule has 0 aliphatic rings. The second-order valence-corrected chi connectivity index (χ2v) is 7.18. The minimum Gasteiger partial charge on any atom is -0.474 e. The van der Waals surface area contributed by atoms with Crippen molar-refractivity contribution in [1.82, 2.24) is 9.97 Å². The lowest BCUT2D eigenvalue weighted by Crippen LogP contribution is -2.17. The molecule has 126 valence electrons. The maximum absolute atomic E-state index is 6.18. The van der Waals surface area contributed by atoms with E-state index in [2.05, 4.69) is 37.0 Å². The van der Waals surface area contributed by atoms with Crippen LogP contribution in [0.2, 0.25) is 5.15 Å². The topological polar surface area (TPSA) is 35.0 Å². The smallest absolute Gasteiger partial charge is 0.223 e. The summed E-state index contributed by atoms with van der Waals surface area (Å²) < 4.78 is 6.18. The Labute approximate surface area is 148 Å². The standard InChI is InChI=1S/C18H25ClN2OS/c1-5-12(3)15-10-21-18(22-13(6-2)7-8-23-4)16-11-20-17(19)9-14(15)16/h9-13H,5-8H2,1-4H3. The van der Waals surface area contributed by atoms with Crippen LogP contribution in [0.3, 0.4) is 0 Å². The Kier molecular flexibility index (Phi) is 6.97. The van der Waals surface area contributed by atoms with Gasteiger partial charge >= 0.3 is 0 Å². The van der Waals surface area contributed by atoms with Crippen LogP contribution in [0, 0.1) is 0 Å². The van der Waals surface area contributed by atoms with Gasteiger partial charge in [0.25, 0.3) is 0 Å². The molecule has 0 aliphatic heterocycles. The van der Waals surface area contributed by atoms with Crippen molar-refractivity contribution in [3.63, 3.8) is 0 Å². The second kappa shape index (κ2) is 8.74. The monoisotopic (exact) mass is 352 g/mol. The largest absolute Gasteiger partial charge is 0.474 e. The summed E-state index contributed by atoms with van der Waals surface area (Å²) in [5, 5.41) is 2.56. The van der Waals surface area contributed by atoms with Gasteiger partial charge in [0.2, 0.25) is 5.88 Å². The Balaban J connectivity index is 2.41. The molecule has 0 spiro atoms. The third kappa shape index (κ3) is 4.51. The maximum Gasteiger partial charge on any atom is 0.223 e. The van der Waals surface area contributed by atoms with E-state index in [-0.39, 0.29) is 6.10 Å². The van der Waals surface area contributed by atoms with Gasteiger partial charge in [-0.15, -0.1) is 0 Å². The molecule has 2 atom stereocenters. The van der Waals surface area contributed by atoms with Crippen LogP contribution < -0.4 is 4.74 Å². The van der Waals surface area contributed by atoms with Gasteiger partial charge in [-0.1, -0.05) is 32.4 Å². The average molecular weight is 353 g/mol. The number of hydrogen-bond acceptors (Lipinski definition) is 4. The molecule has 0 saturated heterocycles. The molecule has 3 nitrogen and oxygen atoms in total. The van der Waals surface area contributed by atoms with Gasteiger partial charge in [-0.3, -0.25) is 0 Å². The van der Waals surface area contributed by atoms with Crippen LogP contribution in [0.15, 0.2) is 18.5 Å². The molecule has 0 amide bonds. The van der Waals surface area contributed by atoms with Crippen molar-refractivity contribution in [2.45, 2.75) is 52.1 Å². The first-order valence-electron chi connectivity index (χ1n) is 8.20. The Morgan fingerprint density at radius 3 is 2.61 bits per heavy atom. The molecule has 0 N–H and O–H groups in total. The molecule has 0 bridgehead atoms. The summed E-state index contributed by atoms with van der Waals surface area (Å²) in [5.74, 6) is 2.19. The molecule has 0 fully saturated rings. The lowest BCUT2D eigenvalue weighted by molar-refractivity contribution is 0.189. The predicted molar refractivity (Wildman–Crippen MR) is 101 cm³/mol. The van der Waals surface area contributed by atoms with E-state index in [0.29, 0.717) is 17.0 Å². The average Bonchev–Trinajstić information content (AvgIpc) is 2.57. The highest BCUT2D eigenvalue weighted by Gasteiger charge is 2.16. The summed E-state index contributed by atoms with van der Waals surface area (Å²) in [4.78, 5) is 8.82. The molecule has 2 rings (SSSR count). The number of halogens is 1. The molecule has 0 aliphatic carbocycles. The first-order chi connectivity index (χ1) is 11.1. The van der Waals surface area contributed by atoms with Gasteiger partial charge in [0.05, 0.1) is 5.39 Å². The zero-order chi connectivity index (χ0) is 16.8. The highest BCUT2D eigenvalue weighted by Crippen LogP contribution is 2.33. The molecule has 0 saturated carbocycles. The van der Waals surface area contributed by atoms with Crippen LogP contribution in [0.1, 0.15) is 51.5 Å². The van der Waals surface area contributed by atoms with E-state index in [4.69, 9.17) is 16.3 Å². The van der Waals surface area contributed by atoms with Gasteiger partial charge in [0.15, 0.2) is 0 Å². The van der Waals surface area contributed by atoms with E-state index in [0.717, 1.165) is 35.8 Å². The van der Waals surface area contributed by atoms with Gasteiger partial charge < -0.3 is 4.74 Å². The van der Waals surface area contributed by atoms with Crippen LogP contribution in [-0.2, 0) is 0 Å². The molecular weight excluding hydrogens is 328 g/mol. The zero-order valence-corrected chi connectivity index (χ0v) is 15.9. The number of pyridine rings is 2. The van der Waals surface area contributed by atoms with Crippen LogP contribution in [0.4, 0.5) is 0 Å². The molecule has 2 heterocycles. The number of rotatable bonds is 8. The predicted octanol–water partition coefficient (Wildman–Crippen LogP) is 5.71. The fraction of sp³-hybridized carbons (Fsp3) is 0.556. The van der Waals surface area contributed by atoms with E-state index in [9.17, 15) is 0 Å². The normalized spacial score (nSPS) is 14.0. The highest BCUT2D eigenvalue weighted by molar-refractivity contribution is 7.98. The Morgan fingerprint density at radius 2 is 1.96 bits per heavy atom. The first-order valence-corrected chi connectivity index (χ1v) is 9.97. The second-order valence-electron chi connectivity index (χ2n) is 5.81. The van der Waals surface area contributed by atoms with Crippen molar-refractivity contribution in [3.8, 4) is 5.88 Å². The molecule has 2 unspecified atom stereocenters. The third-order valence-electron chi connectivity index (χ3n) is 4.25. The van der Waals surface area contributed by atoms with Gasteiger partial charge in [-0.2, -0.15) is 11.8 Å². The summed E-state index contributed by atoms with van der Waals surface area (Å²) in [7, 11) is 0. The number of nitrogens with zero attached hydrogens (tertiary/aromatic N) is 2. The van der Waals surface area contributed by atoms with Crippen LogP contribution in [-0.4, -0.2) is 28.1 Å². The fourth-order valence-electron chi connectivity index (χ4n) is 2.57. The molecule has 2 aromatic heterocycles. The summed E-state index contributed by atoms with van der Waals surface area (Å²) >= 11 is 7.96. The van der Waals surface area contributed by atoms with Crippen molar-refractivity contribution in [2.75, 3.05) is 12.0 Å². The number of hydrogen-bond donors (Lipinski definition) is 0. The number of ether oxygens (including phenoxy) is 1. The van der Waals surface area contributed by atoms with E-state index in [1.54, 1.807) is 6.20 Å². The third-order valence-corrected chi connectivity index (χ3v) is 5.10. The van der Waals surface area contributed by atoms with Crippen molar-refractivity contribution in [1.29, 1.82) is 0 Å². The summed E-state index contributed by atoms with van der Waals surface area (Å²) in [5.41, 5.74) is 1.20. The SMILES string of the molecule is CCC(CCSC)Oc1ncc(C(C)CC)c2cc(Cl)ncc12. The van der Waals surface area contributed by atoms with Gasteiger partial charge in [0, 0.05) is 12.4 Å². The summed E-state index contributed by atoms with van der Waals surface area (Å²) in [6, 6.07) is 1.93. The lowest BCUT2D eigenvalue weighted by atomic mass is 9.96. The Morgan fingerprint density at radius 1 is 1.17 bits per heavy atom. The van der Waals surface area contributed by atoms with Crippen molar-refractivity contribution in [3.05, 3.63) is 29.2 Å². The fourth-order valence-corrected chi connectivity index (χ4v) is 3.22.